The minimum atomic E-state index is -0.108. The molecule has 0 aliphatic carbocycles. The Morgan fingerprint density at radius 3 is 2.57 bits per heavy atom. The van der Waals surface area contributed by atoms with Crippen molar-refractivity contribution in [2.24, 2.45) is 0 Å². The highest BCUT2D eigenvalue weighted by Gasteiger charge is 2.19. The average Bonchev–Trinajstić information content (AvgIpc) is 2.53. The molecule has 1 aromatic carbocycles. The van der Waals surface area contributed by atoms with E-state index in [-0.39, 0.29) is 18.5 Å². The Labute approximate surface area is 91.0 Å². The van der Waals surface area contributed by atoms with Crippen LogP contribution in [-0.2, 0) is 6.54 Å². The lowest BCUT2D eigenvalue weighted by Gasteiger charge is -2.14. The molecule has 2 nitrogen and oxygen atoms in total. The van der Waals surface area contributed by atoms with Crippen LogP contribution in [0.25, 0.3) is 0 Å². The number of halogens is 1. The van der Waals surface area contributed by atoms with Gasteiger partial charge in [0.1, 0.15) is 0 Å². The molecule has 1 fully saturated rings. The van der Waals surface area contributed by atoms with Crippen LogP contribution in [0.2, 0.25) is 0 Å². The number of β-amino-alcohol motifs (C(OH)–C–C–N with tert-alkyl or cyclic N) is 1. The number of benzene rings is 1. The van der Waals surface area contributed by atoms with E-state index in [1.54, 1.807) is 0 Å². The highest BCUT2D eigenvalue weighted by molar-refractivity contribution is 5.85. The van der Waals surface area contributed by atoms with Crippen molar-refractivity contribution in [1.82, 2.24) is 4.90 Å². The summed E-state index contributed by atoms with van der Waals surface area (Å²) in [5.74, 6) is 0. The standard InChI is InChI=1S/C11H15NO.ClH/c13-11-6-7-12(9-11)8-10-4-2-1-3-5-10;/h1-5,11,13H,6-9H2;1H/t11-;/m0./s1. The van der Waals surface area contributed by atoms with Gasteiger partial charge in [0.25, 0.3) is 0 Å². The van der Waals surface area contributed by atoms with Gasteiger partial charge in [-0.2, -0.15) is 0 Å². The van der Waals surface area contributed by atoms with Gasteiger partial charge in [-0.25, -0.2) is 0 Å². The van der Waals surface area contributed by atoms with Crippen LogP contribution in [0.4, 0.5) is 0 Å². The Morgan fingerprint density at radius 1 is 1.29 bits per heavy atom. The topological polar surface area (TPSA) is 23.5 Å². The van der Waals surface area contributed by atoms with E-state index in [0.717, 1.165) is 26.1 Å². The largest absolute Gasteiger partial charge is 0.392 e. The van der Waals surface area contributed by atoms with Gasteiger partial charge in [-0.3, -0.25) is 4.90 Å². The summed E-state index contributed by atoms with van der Waals surface area (Å²) in [6.45, 7) is 2.82. The molecule has 0 spiro atoms. The number of hydrogen-bond donors (Lipinski definition) is 1. The number of aliphatic hydroxyl groups excluding tert-OH is 1. The fraction of sp³-hybridized carbons (Fsp3) is 0.455. The number of rotatable bonds is 2. The van der Waals surface area contributed by atoms with Crippen LogP contribution in [0.5, 0.6) is 0 Å². The smallest absolute Gasteiger partial charge is 0.0679 e. The second-order valence-electron chi connectivity index (χ2n) is 3.66. The monoisotopic (exact) mass is 213 g/mol. The van der Waals surface area contributed by atoms with E-state index in [0.29, 0.717) is 0 Å². The average molecular weight is 214 g/mol. The number of likely N-dealkylation sites (tertiary alicyclic amines) is 1. The molecule has 1 atom stereocenters. The maximum absolute atomic E-state index is 9.34. The molecule has 1 aliphatic rings. The van der Waals surface area contributed by atoms with E-state index >= 15 is 0 Å². The molecule has 14 heavy (non-hydrogen) atoms. The summed E-state index contributed by atoms with van der Waals surface area (Å²) < 4.78 is 0. The summed E-state index contributed by atoms with van der Waals surface area (Å²) in [5.41, 5.74) is 1.33. The molecule has 78 valence electrons. The lowest BCUT2D eigenvalue weighted by Crippen LogP contribution is -2.21. The van der Waals surface area contributed by atoms with Gasteiger partial charge in [-0.15, -0.1) is 12.4 Å². The normalized spacial score (nSPS) is 21.9. The molecule has 0 radical (unpaired) electrons. The van der Waals surface area contributed by atoms with Crippen molar-refractivity contribution in [2.75, 3.05) is 13.1 Å². The van der Waals surface area contributed by atoms with Gasteiger partial charge in [-0.05, 0) is 12.0 Å². The van der Waals surface area contributed by atoms with Crippen LogP contribution >= 0.6 is 12.4 Å². The van der Waals surface area contributed by atoms with E-state index in [9.17, 15) is 5.11 Å². The Hall–Kier alpha value is -0.570. The van der Waals surface area contributed by atoms with Crippen molar-refractivity contribution >= 4 is 12.4 Å². The third-order valence-electron chi connectivity index (χ3n) is 2.50. The summed E-state index contributed by atoms with van der Waals surface area (Å²) >= 11 is 0. The van der Waals surface area contributed by atoms with E-state index in [1.165, 1.54) is 5.56 Å². The molecule has 1 N–H and O–H groups in total. The van der Waals surface area contributed by atoms with E-state index in [4.69, 9.17) is 0 Å². The van der Waals surface area contributed by atoms with E-state index in [1.807, 2.05) is 6.07 Å². The highest BCUT2D eigenvalue weighted by Crippen LogP contribution is 2.12. The molecule has 0 amide bonds. The minimum Gasteiger partial charge on any atom is -0.392 e. The quantitative estimate of drug-likeness (QED) is 0.808. The first kappa shape index (κ1) is 11.5. The van der Waals surface area contributed by atoms with Crippen LogP contribution in [-0.4, -0.2) is 29.2 Å². The van der Waals surface area contributed by atoms with Crippen LogP contribution in [0.3, 0.4) is 0 Å². The summed E-state index contributed by atoms with van der Waals surface area (Å²) in [4.78, 5) is 2.29. The molecule has 1 heterocycles. The number of hydrogen-bond acceptors (Lipinski definition) is 2. The maximum Gasteiger partial charge on any atom is 0.0679 e. The summed E-state index contributed by atoms with van der Waals surface area (Å²) in [6.07, 6.45) is 0.816. The molecule has 2 rings (SSSR count). The predicted octanol–water partition coefficient (Wildman–Crippen LogP) is 1.68. The van der Waals surface area contributed by atoms with Gasteiger partial charge in [0.05, 0.1) is 6.10 Å². The zero-order valence-corrected chi connectivity index (χ0v) is 8.91. The number of nitrogens with zero attached hydrogens (tertiary/aromatic N) is 1. The van der Waals surface area contributed by atoms with Crippen LogP contribution < -0.4 is 0 Å². The minimum absolute atomic E-state index is 0. The third kappa shape index (κ3) is 2.98. The van der Waals surface area contributed by atoms with Gasteiger partial charge < -0.3 is 5.11 Å². The van der Waals surface area contributed by atoms with Crippen molar-refractivity contribution in [2.45, 2.75) is 19.1 Å². The Morgan fingerprint density at radius 2 is 2.00 bits per heavy atom. The van der Waals surface area contributed by atoms with Gasteiger partial charge >= 0.3 is 0 Å². The van der Waals surface area contributed by atoms with Gasteiger partial charge in [0.15, 0.2) is 0 Å². The predicted molar refractivity (Wildman–Crippen MR) is 59.6 cm³/mol. The Bertz CT molecular complexity index is 265. The van der Waals surface area contributed by atoms with E-state index in [2.05, 4.69) is 29.2 Å². The number of aliphatic hydroxyl groups is 1. The first-order valence-corrected chi connectivity index (χ1v) is 4.79. The summed E-state index contributed by atoms with van der Waals surface area (Å²) in [7, 11) is 0. The molecule has 0 aromatic heterocycles. The first-order chi connectivity index (χ1) is 6.34. The van der Waals surface area contributed by atoms with E-state index < -0.39 is 0 Å². The van der Waals surface area contributed by atoms with Crippen LogP contribution in [0.15, 0.2) is 30.3 Å². The molecule has 1 aromatic rings. The fourth-order valence-corrected chi connectivity index (χ4v) is 1.80. The van der Waals surface area contributed by atoms with Crippen molar-refractivity contribution < 1.29 is 5.11 Å². The Balaban J connectivity index is 0.000000980. The Kier molecular flexibility index (Phi) is 4.39. The first-order valence-electron chi connectivity index (χ1n) is 4.79. The second kappa shape index (κ2) is 5.35. The van der Waals surface area contributed by atoms with Crippen molar-refractivity contribution in [1.29, 1.82) is 0 Å². The molecule has 3 heteroatoms. The molecule has 0 bridgehead atoms. The lowest BCUT2D eigenvalue weighted by atomic mass is 10.2. The molecule has 1 saturated heterocycles. The van der Waals surface area contributed by atoms with Gasteiger partial charge in [0, 0.05) is 19.6 Å². The van der Waals surface area contributed by atoms with Crippen molar-refractivity contribution in [3.63, 3.8) is 0 Å². The SMILES string of the molecule is Cl.O[C@H]1CCN(Cc2ccccc2)C1. The highest BCUT2D eigenvalue weighted by atomic mass is 35.5. The fourth-order valence-electron chi connectivity index (χ4n) is 1.80. The molecular weight excluding hydrogens is 198 g/mol. The lowest BCUT2D eigenvalue weighted by molar-refractivity contribution is 0.175. The molecule has 1 aliphatic heterocycles. The second-order valence-corrected chi connectivity index (χ2v) is 3.66. The third-order valence-corrected chi connectivity index (χ3v) is 2.50. The molecule has 0 unspecified atom stereocenters. The van der Waals surface area contributed by atoms with Gasteiger partial charge in [-0.1, -0.05) is 30.3 Å². The maximum atomic E-state index is 9.34. The zero-order valence-electron chi connectivity index (χ0n) is 8.10. The summed E-state index contributed by atoms with van der Waals surface area (Å²) in [5, 5.41) is 9.34. The van der Waals surface area contributed by atoms with Crippen molar-refractivity contribution in [3.8, 4) is 0 Å². The van der Waals surface area contributed by atoms with Gasteiger partial charge in [0.2, 0.25) is 0 Å². The van der Waals surface area contributed by atoms with Crippen LogP contribution in [0, 0.1) is 0 Å². The molecular formula is C11H16ClNO. The van der Waals surface area contributed by atoms with Crippen molar-refractivity contribution in [3.05, 3.63) is 35.9 Å². The van der Waals surface area contributed by atoms with Crippen LogP contribution in [0.1, 0.15) is 12.0 Å². The molecule has 0 saturated carbocycles. The zero-order chi connectivity index (χ0) is 9.10. The summed E-state index contributed by atoms with van der Waals surface area (Å²) in [6, 6.07) is 10.4.